The van der Waals surface area contributed by atoms with Crippen LogP contribution in [0.25, 0.3) is 11.3 Å². The number of carbonyl (C=O) groups excluding carboxylic acids is 1. The summed E-state index contributed by atoms with van der Waals surface area (Å²) in [5.41, 5.74) is -1.25. The van der Waals surface area contributed by atoms with Crippen LogP contribution in [0.1, 0.15) is 40.2 Å². The quantitative estimate of drug-likeness (QED) is 0.433. The lowest BCUT2D eigenvalue weighted by Crippen LogP contribution is -2.33. The minimum absolute atomic E-state index is 0.0308. The van der Waals surface area contributed by atoms with Crippen molar-refractivity contribution in [1.29, 1.82) is 5.26 Å². The number of nitrogens with zero attached hydrogens (tertiary/aromatic N) is 4. The molecule has 2 rings (SSSR count). The number of rotatable bonds is 6. The van der Waals surface area contributed by atoms with Gasteiger partial charge in [-0.2, -0.15) is 5.26 Å². The van der Waals surface area contributed by atoms with Crippen LogP contribution in [-0.4, -0.2) is 32.1 Å². The Labute approximate surface area is 173 Å². The first-order valence-electron chi connectivity index (χ1n) is 9.19. The van der Waals surface area contributed by atoms with Crippen molar-refractivity contribution < 1.29 is 14.5 Å². The lowest BCUT2D eigenvalue weighted by Gasteiger charge is -2.21. The first-order valence-corrected chi connectivity index (χ1v) is 9.19. The Morgan fingerprint density at radius 1 is 1.37 bits per heavy atom. The van der Waals surface area contributed by atoms with Gasteiger partial charge in [0, 0.05) is 23.7 Å². The first-order chi connectivity index (χ1) is 13.9. The van der Waals surface area contributed by atoms with Crippen LogP contribution in [0.3, 0.4) is 0 Å². The van der Waals surface area contributed by atoms with Crippen molar-refractivity contribution in [2.75, 3.05) is 5.32 Å². The van der Waals surface area contributed by atoms with Crippen LogP contribution < -0.4 is 10.9 Å². The number of hydrogen-bond acceptors (Lipinski definition) is 8. The van der Waals surface area contributed by atoms with E-state index in [0.29, 0.717) is 0 Å². The van der Waals surface area contributed by atoms with E-state index < -0.39 is 28.6 Å². The highest BCUT2D eigenvalue weighted by molar-refractivity contribution is 5.72. The first kappa shape index (κ1) is 22.5. The number of benzene rings is 1. The second kappa shape index (κ2) is 8.73. The van der Waals surface area contributed by atoms with Crippen LogP contribution in [0.15, 0.2) is 29.2 Å². The molecule has 0 aliphatic carbocycles. The molecule has 10 nitrogen and oxygen atoms in total. The van der Waals surface area contributed by atoms with Gasteiger partial charge in [0.2, 0.25) is 0 Å². The topological polar surface area (TPSA) is 140 Å². The average molecular weight is 413 g/mol. The Balaban J connectivity index is 2.67. The SMILES string of the molecule is CC(C)Nc1ncc(-c2cc(C#N)cc([N+](=O)[O-])c2)n(CC(=O)OC(C)(C)C)c1=O. The number of aromatic nitrogens is 2. The van der Waals surface area contributed by atoms with E-state index >= 15 is 0 Å². The van der Waals surface area contributed by atoms with Crippen LogP contribution in [0.2, 0.25) is 0 Å². The number of nitrogens with one attached hydrogen (secondary N) is 1. The van der Waals surface area contributed by atoms with E-state index in [9.17, 15) is 25.0 Å². The highest BCUT2D eigenvalue weighted by atomic mass is 16.6. The lowest BCUT2D eigenvalue weighted by molar-refractivity contribution is -0.384. The zero-order valence-electron chi connectivity index (χ0n) is 17.4. The van der Waals surface area contributed by atoms with Gasteiger partial charge in [-0.05, 0) is 40.7 Å². The van der Waals surface area contributed by atoms with Gasteiger partial charge in [0.15, 0.2) is 5.82 Å². The fourth-order valence-corrected chi connectivity index (χ4v) is 2.68. The molecule has 1 aromatic carbocycles. The molecule has 0 saturated carbocycles. The third-order valence-electron chi connectivity index (χ3n) is 3.74. The molecule has 0 aliphatic rings. The van der Waals surface area contributed by atoms with E-state index in [1.165, 1.54) is 18.3 Å². The molecule has 30 heavy (non-hydrogen) atoms. The predicted octanol–water partition coefficient (Wildman–Crippen LogP) is 2.85. The molecule has 0 aliphatic heterocycles. The molecule has 0 spiro atoms. The summed E-state index contributed by atoms with van der Waals surface area (Å²) in [6, 6.07) is 5.51. The largest absolute Gasteiger partial charge is 0.459 e. The smallest absolute Gasteiger partial charge is 0.326 e. The molecule has 1 aromatic heterocycles. The van der Waals surface area contributed by atoms with Crippen molar-refractivity contribution >= 4 is 17.5 Å². The van der Waals surface area contributed by atoms with E-state index in [-0.39, 0.29) is 34.4 Å². The predicted molar refractivity (Wildman–Crippen MR) is 110 cm³/mol. The maximum absolute atomic E-state index is 13.0. The molecular formula is C20H23N5O5. The summed E-state index contributed by atoms with van der Waals surface area (Å²) < 4.78 is 6.45. The summed E-state index contributed by atoms with van der Waals surface area (Å²) in [6.07, 6.45) is 1.33. The maximum Gasteiger partial charge on any atom is 0.326 e. The molecule has 0 atom stereocenters. The minimum Gasteiger partial charge on any atom is -0.459 e. The van der Waals surface area contributed by atoms with Crippen molar-refractivity contribution in [3.63, 3.8) is 0 Å². The Kier molecular flexibility index (Phi) is 6.56. The molecule has 0 radical (unpaired) electrons. The Bertz CT molecular complexity index is 1080. The van der Waals surface area contributed by atoms with E-state index in [1.807, 2.05) is 19.9 Å². The van der Waals surface area contributed by atoms with Crippen LogP contribution in [-0.2, 0) is 16.1 Å². The molecule has 1 N–H and O–H groups in total. The van der Waals surface area contributed by atoms with Gasteiger partial charge in [0.25, 0.3) is 11.2 Å². The zero-order valence-corrected chi connectivity index (χ0v) is 17.4. The van der Waals surface area contributed by atoms with Gasteiger partial charge < -0.3 is 10.1 Å². The van der Waals surface area contributed by atoms with E-state index in [2.05, 4.69) is 10.3 Å². The molecule has 0 amide bonds. The maximum atomic E-state index is 13.0. The standard InChI is InChI=1S/C20H23N5O5/c1-12(2)23-18-19(27)24(11-17(26)30-20(3,4)5)16(10-22-18)14-6-13(9-21)7-15(8-14)25(28)29/h6-8,10,12H,11H2,1-5H3,(H,22,23). The minimum atomic E-state index is -0.758. The highest BCUT2D eigenvalue weighted by Gasteiger charge is 2.21. The number of anilines is 1. The molecule has 0 fully saturated rings. The van der Waals surface area contributed by atoms with Gasteiger partial charge in [-0.1, -0.05) is 0 Å². The second-order valence-corrected chi connectivity index (χ2v) is 7.91. The van der Waals surface area contributed by atoms with Gasteiger partial charge in [-0.15, -0.1) is 0 Å². The number of non-ortho nitro benzene ring substituents is 1. The van der Waals surface area contributed by atoms with Crippen molar-refractivity contribution in [1.82, 2.24) is 9.55 Å². The van der Waals surface area contributed by atoms with Gasteiger partial charge in [0.1, 0.15) is 12.1 Å². The summed E-state index contributed by atoms with van der Waals surface area (Å²) in [5.74, 6) is -0.623. The summed E-state index contributed by atoms with van der Waals surface area (Å²) in [5, 5.41) is 23.4. The number of hydrogen-bond donors (Lipinski definition) is 1. The summed E-state index contributed by atoms with van der Waals surface area (Å²) in [4.78, 5) is 40.1. The van der Waals surface area contributed by atoms with Crippen molar-refractivity contribution in [2.24, 2.45) is 0 Å². The fraction of sp³-hybridized carbons (Fsp3) is 0.400. The Morgan fingerprint density at radius 3 is 2.57 bits per heavy atom. The molecule has 2 aromatic rings. The van der Waals surface area contributed by atoms with E-state index in [0.717, 1.165) is 10.6 Å². The lowest BCUT2D eigenvalue weighted by atomic mass is 10.1. The molecular weight excluding hydrogens is 390 g/mol. The average Bonchev–Trinajstić information content (AvgIpc) is 2.62. The van der Waals surface area contributed by atoms with Crippen LogP contribution in [0.4, 0.5) is 11.5 Å². The van der Waals surface area contributed by atoms with E-state index in [4.69, 9.17) is 4.74 Å². The summed E-state index contributed by atoms with van der Waals surface area (Å²) >= 11 is 0. The number of esters is 1. The number of nitro groups is 1. The van der Waals surface area contributed by atoms with Crippen LogP contribution in [0, 0.1) is 21.4 Å². The molecule has 158 valence electrons. The Morgan fingerprint density at radius 2 is 2.03 bits per heavy atom. The number of nitro benzene ring substituents is 1. The van der Waals surface area contributed by atoms with Gasteiger partial charge in [-0.3, -0.25) is 24.3 Å². The fourth-order valence-electron chi connectivity index (χ4n) is 2.68. The van der Waals surface area contributed by atoms with Gasteiger partial charge in [0.05, 0.1) is 28.4 Å². The zero-order chi connectivity index (χ0) is 22.6. The van der Waals surface area contributed by atoms with Gasteiger partial charge in [-0.25, -0.2) is 4.98 Å². The van der Waals surface area contributed by atoms with Crippen molar-refractivity contribution in [3.8, 4) is 17.3 Å². The highest BCUT2D eigenvalue weighted by Crippen LogP contribution is 2.25. The van der Waals surface area contributed by atoms with Crippen LogP contribution >= 0.6 is 0 Å². The summed E-state index contributed by atoms with van der Waals surface area (Å²) in [6.45, 7) is 8.33. The molecule has 0 bridgehead atoms. The van der Waals surface area contributed by atoms with Gasteiger partial charge >= 0.3 is 5.97 Å². The van der Waals surface area contributed by atoms with Crippen molar-refractivity contribution in [3.05, 3.63) is 50.4 Å². The molecule has 0 unspecified atom stereocenters. The monoisotopic (exact) mass is 413 g/mol. The Hall–Kier alpha value is -3.74. The summed E-state index contributed by atoms with van der Waals surface area (Å²) in [7, 11) is 0. The number of ether oxygens (including phenoxy) is 1. The second-order valence-electron chi connectivity index (χ2n) is 7.91. The number of carbonyl (C=O) groups is 1. The number of nitriles is 1. The molecule has 1 heterocycles. The molecule has 0 saturated heterocycles. The third kappa shape index (κ3) is 5.64. The molecule has 10 heteroatoms. The third-order valence-corrected chi connectivity index (χ3v) is 3.74. The normalized spacial score (nSPS) is 11.1. The van der Waals surface area contributed by atoms with Crippen LogP contribution in [0.5, 0.6) is 0 Å². The van der Waals surface area contributed by atoms with E-state index in [1.54, 1.807) is 20.8 Å². The van der Waals surface area contributed by atoms with Crippen molar-refractivity contribution in [2.45, 2.75) is 52.8 Å².